The van der Waals surface area contributed by atoms with Gasteiger partial charge in [-0.05, 0) is 42.1 Å². The number of thiophene rings is 1. The molecule has 4 rings (SSSR count). The van der Waals surface area contributed by atoms with E-state index in [1.54, 1.807) is 19.2 Å². The summed E-state index contributed by atoms with van der Waals surface area (Å²) in [5.41, 5.74) is 1.62. The number of nitrogens with zero attached hydrogens (tertiary/aromatic N) is 1. The number of amides is 1. The van der Waals surface area contributed by atoms with Gasteiger partial charge in [-0.15, -0.1) is 11.3 Å². The zero-order valence-electron chi connectivity index (χ0n) is 15.7. The summed E-state index contributed by atoms with van der Waals surface area (Å²) in [5.74, 6) is -0.648. The maximum Gasteiger partial charge on any atom is 0.295 e. The van der Waals surface area contributed by atoms with Crippen LogP contribution in [0.25, 0.3) is 5.76 Å². The van der Waals surface area contributed by atoms with E-state index in [2.05, 4.69) is 0 Å². The third-order valence-electron chi connectivity index (χ3n) is 5.06. The van der Waals surface area contributed by atoms with Crippen LogP contribution in [0.5, 0.6) is 5.75 Å². The van der Waals surface area contributed by atoms with Gasteiger partial charge in [0.05, 0.1) is 18.2 Å². The van der Waals surface area contributed by atoms with E-state index in [4.69, 9.17) is 9.47 Å². The topological polar surface area (TPSA) is 76.1 Å². The summed E-state index contributed by atoms with van der Waals surface area (Å²) in [4.78, 5) is 27.8. The van der Waals surface area contributed by atoms with E-state index in [-0.39, 0.29) is 24.0 Å². The third kappa shape index (κ3) is 3.10. The Hall–Kier alpha value is -2.64. The normalized spacial score (nSPS) is 23.1. The van der Waals surface area contributed by atoms with Crippen LogP contribution in [-0.4, -0.2) is 48.1 Å². The van der Waals surface area contributed by atoms with Gasteiger partial charge in [0.25, 0.3) is 11.7 Å². The van der Waals surface area contributed by atoms with E-state index in [0.717, 1.165) is 22.6 Å². The Balaban J connectivity index is 1.80. The molecule has 0 saturated carbocycles. The maximum absolute atomic E-state index is 12.8. The first-order chi connectivity index (χ1) is 13.5. The Morgan fingerprint density at radius 2 is 2.18 bits per heavy atom. The van der Waals surface area contributed by atoms with Crippen molar-refractivity contribution >= 4 is 28.8 Å². The minimum atomic E-state index is -0.669. The largest absolute Gasteiger partial charge is 0.507 e. The molecule has 0 bridgehead atoms. The summed E-state index contributed by atoms with van der Waals surface area (Å²) >= 11 is 1.45. The number of hydrogen-bond donors (Lipinski definition) is 1. The van der Waals surface area contributed by atoms with E-state index in [1.807, 2.05) is 30.5 Å². The van der Waals surface area contributed by atoms with Gasteiger partial charge in [-0.1, -0.05) is 6.07 Å². The fourth-order valence-corrected chi connectivity index (χ4v) is 4.61. The van der Waals surface area contributed by atoms with Crippen LogP contribution in [0.2, 0.25) is 0 Å². The molecular formula is C21H21NO5S. The lowest BCUT2D eigenvalue weighted by molar-refractivity contribution is -0.140. The highest BCUT2D eigenvalue weighted by molar-refractivity contribution is 7.10. The highest BCUT2D eigenvalue weighted by Crippen LogP contribution is 2.41. The Labute approximate surface area is 167 Å². The van der Waals surface area contributed by atoms with Gasteiger partial charge in [-0.25, -0.2) is 0 Å². The summed E-state index contributed by atoms with van der Waals surface area (Å²) < 4.78 is 10.8. The molecule has 1 N–H and O–H groups in total. The fourth-order valence-electron chi connectivity index (χ4n) is 3.77. The van der Waals surface area contributed by atoms with Crippen molar-refractivity contribution in [2.24, 2.45) is 0 Å². The van der Waals surface area contributed by atoms with Crippen molar-refractivity contribution in [3.8, 4) is 5.75 Å². The average molecular weight is 399 g/mol. The lowest BCUT2D eigenvalue weighted by Crippen LogP contribution is -2.32. The second kappa shape index (κ2) is 7.41. The number of carbonyl (C=O) groups is 2. The molecule has 2 aliphatic rings. The summed E-state index contributed by atoms with van der Waals surface area (Å²) in [5, 5.41) is 12.9. The number of ether oxygens (including phenoxy) is 2. The van der Waals surface area contributed by atoms with Crippen molar-refractivity contribution < 1.29 is 24.2 Å². The van der Waals surface area contributed by atoms with Crippen molar-refractivity contribution in [1.82, 2.24) is 4.90 Å². The first-order valence-electron chi connectivity index (χ1n) is 9.12. The molecule has 6 nitrogen and oxygen atoms in total. The van der Waals surface area contributed by atoms with Gasteiger partial charge in [0.15, 0.2) is 0 Å². The first kappa shape index (κ1) is 18.7. The monoisotopic (exact) mass is 399 g/mol. The van der Waals surface area contributed by atoms with Crippen LogP contribution in [0.4, 0.5) is 0 Å². The molecule has 2 aromatic rings. The number of Topliss-reactive ketones (excluding diaryl/α,β-unsaturated/α-hetero) is 1. The minimum Gasteiger partial charge on any atom is -0.507 e. The van der Waals surface area contributed by atoms with Crippen molar-refractivity contribution in [2.45, 2.75) is 25.5 Å². The zero-order valence-corrected chi connectivity index (χ0v) is 16.5. The molecule has 1 saturated heterocycles. The predicted molar refractivity (Wildman–Crippen MR) is 105 cm³/mol. The number of carbonyl (C=O) groups excluding carboxylic acids is 2. The number of fused-ring (bicyclic) bond motifs is 1. The van der Waals surface area contributed by atoms with Gasteiger partial charge in [-0.3, -0.25) is 9.59 Å². The quantitative estimate of drug-likeness (QED) is 0.475. The summed E-state index contributed by atoms with van der Waals surface area (Å²) in [6, 6.07) is 8.48. The highest BCUT2D eigenvalue weighted by atomic mass is 32.1. The van der Waals surface area contributed by atoms with Gasteiger partial charge in [0.1, 0.15) is 17.6 Å². The second-order valence-corrected chi connectivity index (χ2v) is 7.94. The predicted octanol–water partition coefficient (Wildman–Crippen LogP) is 3.14. The minimum absolute atomic E-state index is 0.0816. The Kier molecular flexibility index (Phi) is 4.95. The molecule has 1 aromatic heterocycles. The van der Waals surface area contributed by atoms with Crippen molar-refractivity contribution in [2.75, 3.05) is 20.3 Å². The zero-order chi connectivity index (χ0) is 19.8. The average Bonchev–Trinajstić information content (AvgIpc) is 3.38. The van der Waals surface area contributed by atoms with Crippen molar-refractivity contribution in [3.63, 3.8) is 0 Å². The fraction of sp³-hybridized carbons (Fsp3) is 0.333. The molecule has 0 spiro atoms. The van der Waals surface area contributed by atoms with Gasteiger partial charge in [0.2, 0.25) is 0 Å². The molecule has 2 unspecified atom stereocenters. The molecule has 3 heterocycles. The number of methoxy groups -OCH3 is 1. The first-order valence-corrected chi connectivity index (χ1v) is 10.00. The molecule has 1 fully saturated rings. The van der Waals surface area contributed by atoms with Crippen LogP contribution < -0.4 is 4.74 Å². The number of hydrogen-bond acceptors (Lipinski definition) is 6. The van der Waals surface area contributed by atoms with Crippen LogP contribution in [0.1, 0.15) is 29.0 Å². The molecule has 0 aliphatic carbocycles. The van der Waals surface area contributed by atoms with E-state index in [9.17, 15) is 14.7 Å². The number of rotatable bonds is 5. The summed E-state index contributed by atoms with van der Waals surface area (Å²) in [7, 11) is 1.55. The standard InChI is InChI=1S/C21H21NO5S/c1-12-10-14-11-13(5-6-15(14)27-12)19(23)17-18(16-4-3-9-28-16)22(7-8-26-2)21(25)20(17)24/h3-6,9,11-12,18,23H,7-8,10H2,1-2H3/b19-17-. The van der Waals surface area contributed by atoms with E-state index in [0.29, 0.717) is 12.2 Å². The van der Waals surface area contributed by atoms with E-state index >= 15 is 0 Å². The van der Waals surface area contributed by atoms with Crippen LogP contribution >= 0.6 is 11.3 Å². The van der Waals surface area contributed by atoms with Gasteiger partial charge in [-0.2, -0.15) is 0 Å². The molecule has 28 heavy (non-hydrogen) atoms. The summed E-state index contributed by atoms with van der Waals surface area (Å²) in [6.07, 6.45) is 0.825. The molecule has 7 heteroatoms. The van der Waals surface area contributed by atoms with E-state index < -0.39 is 17.7 Å². The third-order valence-corrected chi connectivity index (χ3v) is 5.98. The Bertz CT molecular complexity index is 950. The Morgan fingerprint density at radius 1 is 1.36 bits per heavy atom. The lowest BCUT2D eigenvalue weighted by Gasteiger charge is -2.23. The van der Waals surface area contributed by atoms with Crippen molar-refractivity contribution in [1.29, 1.82) is 0 Å². The second-order valence-electron chi connectivity index (χ2n) is 6.96. The SMILES string of the molecule is COCCN1C(=O)C(=O)/C(=C(\O)c2ccc3c(c2)CC(C)O3)C1c1cccs1. The number of ketones is 1. The molecular weight excluding hydrogens is 378 g/mol. The smallest absolute Gasteiger partial charge is 0.295 e. The lowest BCUT2D eigenvalue weighted by atomic mass is 9.98. The number of likely N-dealkylation sites (tertiary alicyclic amines) is 1. The van der Waals surface area contributed by atoms with Crippen LogP contribution in [-0.2, 0) is 20.7 Å². The van der Waals surface area contributed by atoms with Crippen molar-refractivity contribution in [3.05, 3.63) is 57.3 Å². The number of aliphatic hydroxyl groups excluding tert-OH is 1. The number of benzene rings is 1. The molecule has 2 aliphatic heterocycles. The molecule has 1 amide bonds. The molecule has 1 aromatic carbocycles. The number of aliphatic hydroxyl groups is 1. The molecule has 0 radical (unpaired) electrons. The van der Waals surface area contributed by atoms with E-state index in [1.165, 1.54) is 16.2 Å². The molecule has 146 valence electrons. The highest BCUT2D eigenvalue weighted by Gasteiger charge is 2.46. The summed E-state index contributed by atoms with van der Waals surface area (Å²) in [6.45, 7) is 2.57. The molecule has 2 atom stereocenters. The van der Waals surface area contributed by atoms with Gasteiger partial charge < -0.3 is 19.5 Å². The Morgan fingerprint density at radius 3 is 2.89 bits per heavy atom. The maximum atomic E-state index is 12.8. The van der Waals surface area contributed by atoms with Gasteiger partial charge in [0, 0.05) is 30.5 Å². The van der Waals surface area contributed by atoms with Crippen LogP contribution in [0.15, 0.2) is 41.3 Å². The van der Waals surface area contributed by atoms with Crippen LogP contribution in [0.3, 0.4) is 0 Å². The van der Waals surface area contributed by atoms with Crippen LogP contribution in [0, 0.1) is 0 Å². The van der Waals surface area contributed by atoms with Gasteiger partial charge >= 0.3 is 0 Å².